The Morgan fingerprint density at radius 2 is 2.06 bits per heavy atom. The Balaban J connectivity index is 2.16. The first-order valence-electron chi connectivity index (χ1n) is 5.14. The molecule has 0 bridgehead atoms. The second-order valence-electron chi connectivity index (χ2n) is 3.37. The van der Waals surface area contributed by atoms with Gasteiger partial charge in [-0.1, -0.05) is 6.07 Å². The molecule has 2 N–H and O–H groups in total. The molecule has 92 valence electrons. The number of methoxy groups -OCH3 is 1. The Labute approximate surface area is 103 Å². The van der Waals surface area contributed by atoms with Crippen molar-refractivity contribution < 1.29 is 14.3 Å². The van der Waals surface area contributed by atoms with E-state index in [9.17, 15) is 4.79 Å². The molecule has 0 fully saturated rings. The van der Waals surface area contributed by atoms with Crippen LogP contribution < -0.4 is 15.2 Å². The molecule has 0 radical (unpaired) electrons. The average molecular weight is 245 g/mol. The zero-order valence-corrected chi connectivity index (χ0v) is 9.66. The Bertz CT molecular complexity index is 572. The summed E-state index contributed by atoms with van der Waals surface area (Å²) in [5, 5.41) is 0. The summed E-state index contributed by atoms with van der Waals surface area (Å²) in [4.78, 5) is 19.3. The maximum absolute atomic E-state index is 11.7. The van der Waals surface area contributed by atoms with Crippen LogP contribution >= 0.6 is 0 Å². The number of nitrogens with zero attached hydrogens (tertiary/aromatic N) is 2. The van der Waals surface area contributed by atoms with Gasteiger partial charge in [0.05, 0.1) is 7.11 Å². The predicted molar refractivity (Wildman–Crippen MR) is 64.4 cm³/mol. The Hall–Kier alpha value is -2.63. The predicted octanol–water partition coefficient (Wildman–Crippen LogP) is 1.29. The molecule has 6 nitrogen and oxygen atoms in total. The van der Waals surface area contributed by atoms with Gasteiger partial charge in [0.2, 0.25) is 5.82 Å². The number of carbonyl (C=O) groups is 1. The van der Waals surface area contributed by atoms with E-state index in [4.69, 9.17) is 15.2 Å². The molecule has 0 aliphatic carbocycles. The molecule has 0 amide bonds. The SMILES string of the molecule is COc1cccc(OC(=O)c2nccc(N)n2)c1. The van der Waals surface area contributed by atoms with E-state index >= 15 is 0 Å². The van der Waals surface area contributed by atoms with E-state index in [1.165, 1.54) is 19.4 Å². The average Bonchev–Trinajstić information content (AvgIpc) is 2.39. The van der Waals surface area contributed by atoms with E-state index in [2.05, 4.69) is 9.97 Å². The monoisotopic (exact) mass is 245 g/mol. The fraction of sp³-hybridized carbons (Fsp3) is 0.0833. The molecule has 6 heteroatoms. The maximum Gasteiger partial charge on any atom is 0.381 e. The molecule has 1 heterocycles. The number of ether oxygens (including phenoxy) is 2. The third-order valence-corrected chi connectivity index (χ3v) is 2.11. The van der Waals surface area contributed by atoms with E-state index < -0.39 is 5.97 Å². The summed E-state index contributed by atoms with van der Waals surface area (Å²) in [6, 6.07) is 8.16. The van der Waals surface area contributed by atoms with Crippen molar-refractivity contribution in [2.45, 2.75) is 0 Å². The molecule has 0 saturated heterocycles. The van der Waals surface area contributed by atoms with E-state index in [0.29, 0.717) is 11.5 Å². The van der Waals surface area contributed by atoms with Gasteiger partial charge in [0.1, 0.15) is 17.3 Å². The normalized spacial score (nSPS) is 9.83. The van der Waals surface area contributed by atoms with Gasteiger partial charge in [-0.2, -0.15) is 0 Å². The molecule has 0 unspecified atom stereocenters. The summed E-state index contributed by atoms with van der Waals surface area (Å²) in [6.07, 6.45) is 1.39. The first kappa shape index (κ1) is 11.8. The Kier molecular flexibility index (Phi) is 3.38. The molecule has 1 aromatic carbocycles. The lowest BCUT2D eigenvalue weighted by molar-refractivity contribution is 0.0721. The first-order chi connectivity index (χ1) is 8.69. The summed E-state index contributed by atoms with van der Waals surface area (Å²) in [5.41, 5.74) is 5.46. The fourth-order valence-electron chi connectivity index (χ4n) is 1.29. The Morgan fingerprint density at radius 1 is 1.28 bits per heavy atom. The fourth-order valence-corrected chi connectivity index (χ4v) is 1.29. The van der Waals surface area contributed by atoms with Gasteiger partial charge in [0.15, 0.2) is 0 Å². The second-order valence-corrected chi connectivity index (χ2v) is 3.37. The number of anilines is 1. The molecule has 0 spiro atoms. The molecule has 0 atom stereocenters. The van der Waals surface area contributed by atoms with Crippen LogP contribution in [0, 0.1) is 0 Å². The van der Waals surface area contributed by atoms with Gasteiger partial charge in [-0.15, -0.1) is 0 Å². The molecule has 0 aliphatic rings. The van der Waals surface area contributed by atoms with Gasteiger partial charge in [0, 0.05) is 12.3 Å². The van der Waals surface area contributed by atoms with Gasteiger partial charge in [-0.05, 0) is 18.2 Å². The van der Waals surface area contributed by atoms with Crippen molar-refractivity contribution in [1.29, 1.82) is 0 Å². The van der Waals surface area contributed by atoms with Crippen LogP contribution in [0.5, 0.6) is 11.5 Å². The number of rotatable bonds is 3. The number of hydrogen-bond acceptors (Lipinski definition) is 6. The first-order valence-corrected chi connectivity index (χ1v) is 5.14. The lowest BCUT2D eigenvalue weighted by Crippen LogP contribution is -2.13. The number of carbonyl (C=O) groups excluding carboxylic acids is 1. The highest BCUT2D eigenvalue weighted by Crippen LogP contribution is 2.19. The van der Waals surface area contributed by atoms with Crippen LogP contribution in [-0.4, -0.2) is 23.0 Å². The lowest BCUT2D eigenvalue weighted by Gasteiger charge is -2.05. The van der Waals surface area contributed by atoms with Gasteiger partial charge in [-0.25, -0.2) is 14.8 Å². The lowest BCUT2D eigenvalue weighted by atomic mass is 10.3. The Morgan fingerprint density at radius 3 is 2.78 bits per heavy atom. The van der Waals surface area contributed by atoms with Crippen molar-refractivity contribution in [2.24, 2.45) is 0 Å². The quantitative estimate of drug-likeness (QED) is 0.647. The zero-order valence-electron chi connectivity index (χ0n) is 9.66. The summed E-state index contributed by atoms with van der Waals surface area (Å²) in [7, 11) is 1.53. The number of nitrogens with two attached hydrogens (primary N) is 1. The highest BCUT2D eigenvalue weighted by Gasteiger charge is 2.12. The zero-order chi connectivity index (χ0) is 13.0. The van der Waals surface area contributed by atoms with Gasteiger partial charge in [-0.3, -0.25) is 0 Å². The summed E-state index contributed by atoms with van der Waals surface area (Å²) >= 11 is 0. The van der Waals surface area contributed by atoms with Gasteiger partial charge >= 0.3 is 5.97 Å². The molecule has 0 saturated carbocycles. The molecular formula is C12H11N3O3. The van der Waals surface area contributed by atoms with Crippen molar-refractivity contribution in [2.75, 3.05) is 12.8 Å². The van der Waals surface area contributed by atoms with E-state index in [0.717, 1.165) is 0 Å². The van der Waals surface area contributed by atoms with Crippen molar-refractivity contribution >= 4 is 11.8 Å². The van der Waals surface area contributed by atoms with E-state index in [1.807, 2.05) is 0 Å². The van der Waals surface area contributed by atoms with Crippen LogP contribution in [0.2, 0.25) is 0 Å². The van der Waals surface area contributed by atoms with Gasteiger partial charge in [0.25, 0.3) is 0 Å². The molecular weight excluding hydrogens is 234 g/mol. The topological polar surface area (TPSA) is 87.3 Å². The molecule has 0 aliphatic heterocycles. The standard InChI is InChI=1S/C12H11N3O3/c1-17-8-3-2-4-9(7-8)18-12(16)11-14-6-5-10(13)15-11/h2-7H,1H3,(H2,13,14,15). The minimum atomic E-state index is -0.671. The summed E-state index contributed by atoms with van der Waals surface area (Å²) in [5.74, 6) is 0.398. The van der Waals surface area contributed by atoms with Crippen LogP contribution in [0.3, 0.4) is 0 Å². The van der Waals surface area contributed by atoms with E-state index in [1.54, 1.807) is 24.3 Å². The van der Waals surface area contributed by atoms with Crippen LogP contribution in [0.1, 0.15) is 10.6 Å². The van der Waals surface area contributed by atoms with Crippen LogP contribution in [0.25, 0.3) is 0 Å². The number of esters is 1. The highest BCUT2D eigenvalue weighted by molar-refractivity contribution is 5.87. The molecule has 18 heavy (non-hydrogen) atoms. The third kappa shape index (κ3) is 2.73. The van der Waals surface area contributed by atoms with Crippen LogP contribution in [0.4, 0.5) is 5.82 Å². The number of hydrogen-bond donors (Lipinski definition) is 1. The number of aromatic nitrogens is 2. The maximum atomic E-state index is 11.7. The second kappa shape index (κ2) is 5.13. The van der Waals surface area contributed by atoms with Crippen molar-refractivity contribution in [3.63, 3.8) is 0 Å². The van der Waals surface area contributed by atoms with Gasteiger partial charge < -0.3 is 15.2 Å². The third-order valence-electron chi connectivity index (χ3n) is 2.11. The molecule has 2 aromatic rings. The minimum Gasteiger partial charge on any atom is -0.497 e. The molecule has 2 rings (SSSR count). The minimum absolute atomic E-state index is 0.0854. The number of nitrogen functional groups attached to an aromatic ring is 1. The summed E-state index contributed by atoms with van der Waals surface area (Å²) < 4.78 is 10.1. The van der Waals surface area contributed by atoms with E-state index in [-0.39, 0.29) is 11.6 Å². The van der Waals surface area contributed by atoms with Crippen LogP contribution in [-0.2, 0) is 0 Å². The summed E-state index contributed by atoms with van der Waals surface area (Å²) in [6.45, 7) is 0. The van der Waals surface area contributed by atoms with Crippen molar-refractivity contribution in [1.82, 2.24) is 9.97 Å². The highest BCUT2D eigenvalue weighted by atomic mass is 16.5. The van der Waals surface area contributed by atoms with Crippen molar-refractivity contribution in [3.8, 4) is 11.5 Å². The smallest absolute Gasteiger partial charge is 0.381 e. The number of benzene rings is 1. The molecule has 1 aromatic heterocycles. The largest absolute Gasteiger partial charge is 0.497 e. The van der Waals surface area contributed by atoms with Crippen molar-refractivity contribution in [3.05, 3.63) is 42.4 Å². The van der Waals surface area contributed by atoms with Crippen LogP contribution in [0.15, 0.2) is 36.5 Å².